The molecule has 0 spiro atoms. The molecule has 2 aromatic carbocycles. The summed E-state index contributed by atoms with van der Waals surface area (Å²) in [6.45, 7) is 3.10. The number of anilines is 1. The van der Waals surface area contributed by atoms with Crippen LogP contribution in [0.5, 0.6) is 5.75 Å². The van der Waals surface area contributed by atoms with E-state index in [9.17, 15) is 9.18 Å². The van der Waals surface area contributed by atoms with Gasteiger partial charge >= 0.3 is 0 Å². The van der Waals surface area contributed by atoms with E-state index in [2.05, 4.69) is 15.2 Å². The first-order valence-corrected chi connectivity index (χ1v) is 10.00. The highest BCUT2D eigenvalue weighted by atomic mass is 32.2. The van der Waals surface area contributed by atoms with Gasteiger partial charge in [0.25, 0.3) is 5.91 Å². The first-order chi connectivity index (χ1) is 14.1. The number of nitrogens with zero attached hydrogens (tertiary/aromatic N) is 2. The molecule has 0 aromatic heterocycles. The van der Waals surface area contributed by atoms with Crippen molar-refractivity contribution in [3.05, 3.63) is 58.8 Å². The molecule has 2 fully saturated rings. The van der Waals surface area contributed by atoms with Gasteiger partial charge in [0.05, 0.1) is 30.9 Å². The molecule has 0 aliphatic carbocycles. The summed E-state index contributed by atoms with van der Waals surface area (Å²) in [7, 11) is 1.61. The quantitative estimate of drug-likeness (QED) is 0.777. The molecule has 2 aliphatic heterocycles. The van der Waals surface area contributed by atoms with Gasteiger partial charge < -0.3 is 19.7 Å². The molecule has 150 valence electrons. The Morgan fingerprint density at radius 1 is 1.21 bits per heavy atom. The van der Waals surface area contributed by atoms with Gasteiger partial charge in [-0.3, -0.25) is 4.79 Å². The van der Waals surface area contributed by atoms with Gasteiger partial charge in [-0.05, 0) is 54.2 Å². The minimum Gasteiger partial charge on any atom is -0.496 e. The molecule has 1 N–H and O–H groups in total. The lowest BCUT2D eigenvalue weighted by atomic mass is 10.1. The molecule has 2 heterocycles. The van der Waals surface area contributed by atoms with Crippen LogP contribution in [0.2, 0.25) is 0 Å². The first kappa shape index (κ1) is 19.5. The zero-order valence-corrected chi connectivity index (χ0v) is 16.7. The standard InChI is InChI=1S/C21H20FN3O3S/c1-27-18-13-17(25-8-10-28-11-9-25)7-2-14(18)12-19-20(26)24-21(29-19)23-16-5-3-15(22)4-6-16/h2-7,12-13H,8-11H2,1H3,(H,23,24,26)/b19-12-. The molecule has 29 heavy (non-hydrogen) atoms. The summed E-state index contributed by atoms with van der Waals surface area (Å²) in [5.41, 5.74) is 2.45. The molecular formula is C21H20FN3O3S. The molecule has 8 heteroatoms. The molecule has 0 saturated carbocycles. The number of carbonyl (C=O) groups is 1. The molecule has 0 bridgehead atoms. The number of halogens is 1. The number of thioether (sulfide) groups is 1. The van der Waals surface area contributed by atoms with Crippen molar-refractivity contribution in [3.8, 4) is 5.75 Å². The normalized spacial score (nSPS) is 19.7. The molecule has 2 aliphatic rings. The fraction of sp³-hybridized carbons (Fsp3) is 0.238. The van der Waals surface area contributed by atoms with E-state index in [4.69, 9.17) is 9.47 Å². The number of benzene rings is 2. The zero-order chi connectivity index (χ0) is 20.2. The van der Waals surface area contributed by atoms with Gasteiger partial charge in [0, 0.05) is 30.4 Å². The SMILES string of the molecule is COc1cc(N2CCOCC2)ccc1/C=C1\SC(=Nc2ccc(F)cc2)NC1=O. The summed E-state index contributed by atoms with van der Waals surface area (Å²) in [6.07, 6.45) is 1.79. The second kappa shape index (κ2) is 8.67. The van der Waals surface area contributed by atoms with Gasteiger partial charge in [0.15, 0.2) is 5.17 Å². The van der Waals surface area contributed by atoms with E-state index in [0.717, 1.165) is 24.3 Å². The lowest BCUT2D eigenvalue weighted by Crippen LogP contribution is -2.36. The Labute approximate surface area is 172 Å². The van der Waals surface area contributed by atoms with E-state index < -0.39 is 0 Å². The van der Waals surface area contributed by atoms with E-state index in [-0.39, 0.29) is 11.7 Å². The van der Waals surface area contributed by atoms with Crippen LogP contribution < -0.4 is 15.0 Å². The van der Waals surface area contributed by atoms with Crippen LogP contribution >= 0.6 is 11.8 Å². The van der Waals surface area contributed by atoms with Crippen molar-refractivity contribution in [2.75, 3.05) is 38.3 Å². The second-order valence-corrected chi connectivity index (χ2v) is 7.51. The Balaban J connectivity index is 1.55. The largest absolute Gasteiger partial charge is 0.496 e. The van der Waals surface area contributed by atoms with Crippen LogP contribution in [-0.2, 0) is 9.53 Å². The van der Waals surface area contributed by atoms with Crippen molar-refractivity contribution in [1.29, 1.82) is 0 Å². The van der Waals surface area contributed by atoms with Crippen LogP contribution in [0.25, 0.3) is 6.08 Å². The monoisotopic (exact) mass is 413 g/mol. The Morgan fingerprint density at radius 3 is 2.69 bits per heavy atom. The van der Waals surface area contributed by atoms with E-state index in [1.165, 1.54) is 23.9 Å². The maximum atomic E-state index is 13.0. The highest BCUT2D eigenvalue weighted by Gasteiger charge is 2.24. The van der Waals surface area contributed by atoms with Gasteiger partial charge in [0.1, 0.15) is 11.6 Å². The minimum absolute atomic E-state index is 0.227. The van der Waals surface area contributed by atoms with E-state index in [1.54, 1.807) is 25.3 Å². The van der Waals surface area contributed by atoms with Crippen molar-refractivity contribution < 1.29 is 18.7 Å². The van der Waals surface area contributed by atoms with Gasteiger partial charge in [-0.25, -0.2) is 9.38 Å². The Kier molecular flexibility index (Phi) is 5.82. The number of amides is 1. The fourth-order valence-corrected chi connectivity index (χ4v) is 3.92. The summed E-state index contributed by atoms with van der Waals surface area (Å²) in [6, 6.07) is 11.7. The maximum Gasteiger partial charge on any atom is 0.264 e. The summed E-state index contributed by atoms with van der Waals surface area (Å²) >= 11 is 1.24. The number of carbonyl (C=O) groups excluding carboxylic acids is 1. The third kappa shape index (κ3) is 4.60. The zero-order valence-electron chi connectivity index (χ0n) is 15.9. The number of hydrogen-bond donors (Lipinski definition) is 1. The second-order valence-electron chi connectivity index (χ2n) is 6.48. The van der Waals surface area contributed by atoms with Crippen molar-refractivity contribution >= 4 is 40.3 Å². The lowest BCUT2D eigenvalue weighted by Gasteiger charge is -2.29. The predicted molar refractivity (Wildman–Crippen MR) is 113 cm³/mol. The highest BCUT2D eigenvalue weighted by molar-refractivity contribution is 8.18. The number of nitrogens with one attached hydrogen (secondary N) is 1. The molecule has 4 rings (SSSR count). The Morgan fingerprint density at radius 2 is 1.97 bits per heavy atom. The van der Waals surface area contributed by atoms with Gasteiger partial charge in [0.2, 0.25) is 0 Å². The fourth-order valence-electron chi connectivity index (χ4n) is 3.09. The van der Waals surface area contributed by atoms with Crippen LogP contribution in [0.1, 0.15) is 5.56 Å². The van der Waals surface area contributed by atoms with Crippen molar-refractivity contribution in [1.82, 2.24) is 5.32 Å². The molecule has 0 radical (unpaired) electrons. The van der Waals surface area contributed by atoms with Crippen molar-refractivity contribution in [3.63, 3.8) is 0 Å². The number of ether oxygens (including phenoxy) is 2. The molecule has 2 aromatic rings. The number of methoxy groups -OCH3 is 1. The minimum atomic E-state index is -0.328. The molecule has 2 saturated heterocycles. The number of morpholine rings is 1. The predicted octanol–water partition coefficient (Wildman–Crippen LogP) is 3.56. The summed E-state index contributed by atoms with van der Waals surface area (Å²) in [4.78, 5) is 19.5. The number of hydrogen-bond acceptors (Lipinski definition) is 6. The van der Waals surface area contributed by atoms with E-state index >= 15 is 0 Å². The maximum absolute atomic E-state index is 13.0. The third-order valence-corrected chi connectivity index (χ3v) is 5.50. The van der Waals surface area contributed by atoms with Crippen molar-refractivity contribution in [2.45, 2.75) is 0 Å². The Hall–Kier alpha value is -2.84. The number of aliphatic imine (C=N–C) groups is 1. The molecule has 0 atom stereocenters. The highest BCUT2D eigenvalue weighted by Crippen LogP contribution is 2.32. The van der Waals surface area contributed by atoms with Gasteiger partial charge in [-0.2, -0.15) is 0 Å². The lowest BCUT2D eigenvalue weighted by molar-refractivity contribution is -0.115. The Bertz CT molecular complexity index is 970. The van der Waals surface area contributed by atoms with Crippen molar-refractivity contribution in [2.24, 2.45) is 4.99 Å². The van der Waals surface area contributed by atoms with E-state index in [0.29, 0.717) is 34.7 Å². The van der Waals surface area contributed by atoms with Crippen LogP contribution in [0.4, 0.5) is 15.8 Å². The molecular weight excluding hydrogens is 393 g/mol. The van der Waals surface area contributed by atoms with Crippen LogP contribution in [0.15, 0.2) is 52.4 Å². The van der Waals surface area contributed by atoms with Crippen LogP contribution in [0, 0.1) is 5.82 Å². The summed E-state index contributed by atoms with van der Waals surface area (Å²) < 4.78 is 24.0. The van der Waals surface area contributed by atoms with E-state index in [1.807, 2.05) is 18.2 Å². The number of amidine groups is 1. The molecule has 6 nitrogen and oxygen atoms in total. The number of rotatable bonds is 4. The van der Waals surface area contributed by atoms with Crippen LogP contribution in [0.3, 0.4) is 0 Å². The smallest absolute Gasteiger partial charge is 0.264 e. The molecule has 0 unspecified atom stereocenters. The summed E-state index contributed by atoms with van der Waals surface area (Å²) in [5.74, 6) is 0.138. The van der Waals surface area contributed by atoms with Gasteiger partial charge in [-0.15, -0.1) is 0 Å². The first-order valence-electron chi connectivity index (χ1n) is 9.18. The molecule has 1 amide bonds. The third-order valence-electron chi connectivity index (χ3n) is 4.59. The topological polar surface area (TPSA) is 63.2 Å². The van der Waals surface area contributed by atoms with Crippen LogP contribution in [-0.4, -0.2) is 44.5 Å². The average Bonchev–Trinajstić information content (AvgIpc) is 3.09. The van der Waals surface area contributed by atoms with Gasteiger partial charge in [-0.1, -0.05) is 0 Å². The average molecular weight is 413 g/mol. The summed E-state index contributed by atoms with van der Waals surface area (Å²) in [5, 5.41) is 3.19.